The quantitative estimate of drug-likeness (QED) is 0.750. The van der Waals surface area contributed by atoms with Crippen LogP contribution in [0.25, 0.3) is 0 Å². The third-order valence-corrected chi connectivity index (χ3v) is 4.18. The van der Waals surface area contributed by atoms with E-state index in [9.17, 15) is 0 Å². The van der Waals surface area contributed by atoms with E-state index in [1.54, 1.807) is 11.3 Å². The van der Waals surface area contributed by atoms with Crippen molar-refractivity contribution in [2.75, 3.05) is 12.3 Å². The van der Waals surface area contributed by atoms with Gasteiger partial charge in [-0.05, 0) is 19.9 Å². The average molecular weight is 245 g/mol. The molecular weight excluding hydrogens is 226 g/mol. The van der Waals surface area contributed by atoms with Crippen LogP contribution in [0.4, 0.5) is 0 Å². The maximum Gasteiger partial charge on any atom is 0.174 e. The van der Waals surface area contributed by atoms with Crippen molar-refractivity contribution in [2.45, 2.75) is 44.0 Å². The number of aryl methyl sites for hydroxylation is 1. The van der Waals surface area contributed by atoms with Crippen LogP contribution in [0, 0.1) is 6.92 Å². The van der Waals surface area contributed by atoms with Gasteiger partial charge in [0, 0.05) is 11.8 Å². The van der Waals surface area contributed by atoms with Gasteiger partial charge in [-0.1, -0.05) is 43.4 Å². The second-order valence-electron chi connectivity index (χ2n) is 3.44. The average Bonchev–Trinajstić information content (AvgIpc) is 2.61. The van der Waals surface area contributed by atoms with Crippen molar-refractivity contribution in [3.05, 3.63) is 5.01 Å². The monoisotopic (exact) mass is 245 g/mol. The van der Waals surface area contributed by atoms with Gasteiger partial charge < -0.3 is 5.32 Å². The summed E-state index contributed by atoms with van der Waals surface area (Å²) in [4.78, 5) is 0. The van der Waals surface area contributed by atoms with E-state index in [0.717, 1.165) is 21.6 Å². The molecule has 15 heavy (non-hydrogen) atoms. The predicted molar refractivity (Wildman–Crippen MR) is 67.7 cm³/mol. The standard InChI is InChI=1S/C10H19N3S2/c1-4-6-9(11-5-2)7-14-10-13-12-8(3)15-10/h9,11H,4-7H2,1-3H3. The Bertz CT molecular complexity index is 269. The lowest BCUT2D eigenvalue weighted by Gasteiger charge is -2.15. The molecule has 0 aliphatic heterocycles. The maximum absolute atomic E-state index is 4.11. The maximum atomic E-state index is 4.11. The summed E-state index contributed by atoms with van der Waals surface area (Å²) < 4.78 is 1.09. The molecule has 1 aromatic heterocycles. The van der Waals surface area contributed by atoms with Crippen LogP contribution < -0.4 is 5.32 Å². The molecule has 0 spiro atoms. The summed E-state index contributed by atoms with van der Waals surface area (Å²) in [5.74, 6) is 1.09. The fraction of sp³-hybridized carbons (Fsp3) is 0.800. The van der Waals surface area contributed by atoms with Crippen molar-refractivity contribution in [3.8, 4) is 0 Å². The van der Waals surface area contributed by atoms with Gasteiger partial charge in [0.15, 0.2) is 4.34 Å². The molecule has 0 bridgehead atoms. The fourth-order valence-electron chi connectivity index (χ4n) is 1.39. The van der Waals surface area contributed by atoms with E-state index in [4.69, 9.17) is 0 Å². The highest BCUT2D eigenvalue weighted by atomic mass is 32.2. The first-order valence-corrected chi connectivity index (χ1v) is 7.22. The van der Waals surface area contributed by atoms with E-state index >= 15 is 0 Å². The van der Waals surface area contributed by atoms with E-state index in [-0.39, 0.29) is 0 Å². The molecule has 1 N–H and O–H groups in total. The number of nitrogens with one attached hydrogen (secondary N) is 1. The molecule has 1 heterocycles. The van der Waals surface area contributed by atoms with Crippen molar-refractivity contribution < 1.29 is 0 Å². The van der Waals surface area contributed by atoms with Gasteiger partial charge in [-0.2, -0.15) is 0 Å². The van der Waals surface area contributed by atoms with E-state index in [1.807, 2.05) is 18.7 Å². The molecular formula is C10H19N3S2. The molecule has 5 heteroatoms. The number of hydrogen-bond donors (Lipinski definition) is 1. The first kappa shape index (κ1) is 12.9. The van der Waals surface area contributed by atoms with Crippen LogP contribution in [0.1, 0.15) is 31.7 Å². The Balaban J connectivity index is 2.32. The minimum atomic E-state index is 0.606. The van der Waals surface area contributed by atoms with Crippen molar-refractivity contribution in [2.24, 2.45) is 0 Å². The van der Waals surface area contributed by atoms with Gasteiger partial charge in [-0.3, -0.25) is 0 Å². The molecule has 1 rings (SSSR count). The molecule has 0 amide bonds. The van der Waals surface area contributed by atoms with Gasteiger partial charge in [-0.25, -0.2) is 0 Å². The van der Waals surface area contributed by atoms with Gasteiger partial charge in [0.1, 0.15) is 5.01 Å². The first-order valence-electron chi connectivity index (χ1n) is 5.42. The Hall–Kier alpha value is -0.130. The van der Waals surface area contributed by atoms with Crippen LogP contribution >= 0.6 is 23.1 Å². The van der Waals surface area contributed by atoms with Crippen LogP contribution in [0.5, 0.6) is 0 Å². The molecule has 0 aromatic carbocycles. The van der Waals surface area contributed by atoms with E-state index < -0.39 is 0 Å². The van der Waals surface area contributed by atoms with Crippen molar-refractivity contribution in [1.82, 2.24) is 15.5 Å². The summed E-state index contributed by atoms with van der Waals surface area (Å²) in [6, 6.07) is 0.606. The van der Waals surface area contributed by atoms with Crippen molar-refractivity contribution in [1.29, 1.82) is 0 Å². The molecule has 1 atom stereocenters. The molecule has 0 radical (unpaired) electrons. The molecule has 1 aromatic rings. The SMILES string of the molecule is CCCC(CSc1nnc(C)s1)NCC. The van der Waals surface area contributed by atoms with Crippen LogP contribution in [0.3, 0.4) is 0 Å². The van der Waals surface area contributed by atoms with Gasteiger partial charge in [0.25, 0.3) is 0 Å². The summed E-state index contributed by atoms with van der Waals surface area (Å²) in [5.41, 5.74) is 0. The molecule has 0 saturated carbocycles. The van der Waals surface area contributed by atoms with Gasteiger partial charge >= 0.3 is 0 Å². The zero-order valence-electron chi connectivity index (χ0n) is 9.62. The molecule has 86 valence electrons. The number of nitrogens with zero attached hydrogens (tertiary/aromatic N) is 2. The summed E-state index contributed by atoms with van der Waals surface area (Å²) in [7, 11) is 0. The Labute approximate surface area is 100 Å². The number of rotatable bonds is 7. The molecule has 1 unspecified atom stereocenters. The lowest BCUT2D eigenvalue weighted by molar-refractivity contribution is 0.531. The Morgan fingerprint density at radius 1 is 1.40 bits per heavy atom. The topological polar surface area (TPSA) is 37.8 Å². The second kappa shape index (κ2) is 7.19. The molecule has 0 aliphatic carbocycles. The zero-order chi connectivity index (χ0) is 11.1. The number of aromatic nitrogens is 2. The van der Waals surface area contributed by atoms with Crippen LogP contribution in [0.15, 0.2) is 4.34 Å². The minimum absolute atomic E-state index is 0.606. The number of hydrogen-bond acceptors (Lipinski definition) is 5. The minimum Gasteiger partial charge on any atom is -0.313 e. The lowest BCUT2D eigenvalue weighted by atomic mass is 10.2. The largest absolute Gasteiger partial charge is 0.313 e. The van der Waals surface area contributed by atoms with Crippen LogP contribution in [-0.4, -0.2) is 28.5 Å². The van der Waals surface area contributed by atoms with Crippen molar-refractivity contribution in [3.63, 3.8) is 0 Å². The van der Waals surface area contributed by atoms with E-state index in [0.29, 0.717) is 6.04 Å². The first-order chi connectivity index (χ1) is 7.26. The summed E-state index contributed by atoms with van der Waals surface area (Å²) in [5, 5.41) is 12.7. The van der Waals surface area contributed by atoms with Gasteiger partial charge in [0.2, 0.25) is 0 Å². The smallest absolute Gasteiger partial charge is 0.174 e. The third-order valence-electron chi connectivity index (χ3n) is 2.05. The highest BCUT2D eigenvalue weighted by Crippen LogP contribution is 2.23. The molecule has 0 saturated heterocycles. The van der Waals surface area contributed by atoms with Gasteiger partial charge in [0.05, 0.1) is 0 Å². The highest BCUT2D eigenvalue weighted by Gasteiger charge is 2.08. The van der Waals surface area contributed by atoms with Crippen molar-refractivity contribution >= 4 is 23.1 Å². The normalized spacial score (nSPS) is 13.0. The molecule has 0 aliphatic rings. The highest BCUT2D eigenvalue weighted by molar-refractivity contribution is 8.01. The summed E-state index contributed by atoms with van der Waals surface area (Å²) >= 11 is 3.49. The third kappa shape index (κ3) is 4.95. The van der Waals surface area contributed by atoms with Crippen LogP contribution in [0.2, 0.25) is 0 Å². The fourth-order valence-corrected chi connectivity index (χ4v) is 3.33. The van der Waals surface area contributed by atoms with Crippen LogP contribution in [-0.2, 0) is 0 Å². The molecule has 0 fully saturated rings. The Morgan fingerprint density at radius 2 is 2.20 bits per heavy atom. The summed E-state index contributed by atoms with van der Waals surface area (Å²) in [6.07, 6.45) is 2.46. The zero-order valence-corrected chi connectivity index (χ0v) is 11.2. The van der Waals surface area contributed by atoms with E-state index in [2.05, 4.69) is 29.4 Å². The summed E-state index contributed by atoms with van der Waals surface area (Å²) in [6.45, 7) is 7.42. The lowest BCUT2D eigenvalue weighted by Crippen LogP contribution is -2.30. The molecule has 3 nitrogen and oxygen atoms in total. The van der Waals surface area contributed by atoms with Gasteiger partial charge in [-0.15, -0.1) is 10.2 Å². The van der Waals surface area contributed by atoms with E-state index in [1.165, 1.54) is 12.8 Å². The predicted octanol–water partition coefficient (Wildman–Crippen LogP) is 2.72. The Morgan fingerprint density at radius 3 is 2.73 bits per heavy atom. The Kier molecular flexibility index (Phi) is 6.20. The second-order valence-corrected chi connectivity index (χ2v) is 5.89. The number of thioether (sulfide) groups is 1.